The van der Waals surface area contributed by atoms with Crippen molar-refractivity contribution in [1.29, 1.82) is 0 Å². The number of aromatic carboxylic acids is 1. The normalized spacial score (nSPS) is 14.3. The van der Waals surface area contributed by atoms with E-state index in [-0.39, 0.29) is 40.6 Å². The highest BCUT2D eigenvalue weighted by Gasteiger charge is 2.38. The molecular formula is C22H16ClNO6S. The van der Waals surface area contributed by atoms with Crippen LogP contribution in [0.5, 0.6) is 5.75 Å². The molecule has 1 unspecified atom stereocenters. The summed E-state index contributed by atoms with van der Waals surface area (Å²) < 4.78 is 5.87. The number of carboxylic acid groups (broad SMARTS) is 1. The maximum Gasteiger partial charge on any atom is 0.337 e. The number of carbonyl (C=O) groups is 3. The van der Waals surface area contributed by atoms with Crippen molar-refractivity contribution in [2.45, 2.75) is 12.5 Å². The smallest absolute Gasteiger partial charge is 0.337 e. The van der Waals surface area contributed by atoms with Gasteiger partial charge in [-0.2, -0.15) is 0 Å². The zero-order valence-electron chi connectivity index (χ0n) is 15.9. The highest BCUT2D eigenvalue weighted by molar-refractivity contribution is 7.11. The topological polar surface area (TPSA) is 104 Å². The Balaban J connectivity index is 1.70. The minimum atomic E-state index is -1.24. The molecule has 1 atom stereocenters. The van der Waals surface area contributed by atoms with Gasteiger partial charge in [-0.3, -0.25) is 9.59 Å². The van der Waals surface area contributed by atoms with Crippen molar-refractivity contribution in [1.82, 2.24) is 0 Å². The van der Waals surface area contributed by atoms with Gasteiger partial charge < -0.3 is 14.9 Å². The quantitative estimate of drug-likeness (QED) is 0.543. The van der Waals surface area contributed by atoms with Gasteiger partial charge in [-0.15, -0.1) is 11.3 Å². The number of amides is 2. The summed E-state index contributed by atoms with van der Waals surface area (Å²) in [6, 6.07) is 13.6. The maximum absolute atomic E-state index is 13.1. The lowest BCUT2D eigenvalue weighted by Gasteiger charge is -2.27. The fourth-order valence-electron chi connectivity index (χ4n) is 3.39. The molecule has 3 aromatic rings. The molecule has 0 aliphatic carbocycles. The molecule has 2 amide bonds. The van der Waals surface area contributed by atoms with E-state index in [0.717, 1.165) is 21.8 Å². The second-order valence-corrected chi connectivity index (χ2v) is 8.15. The highest BCUT2D eigenvalue weighted by atomic mass is 35.5. The Hall–Kier alpha value is -3.20. The number of ether oxygens (including phenoxy) is 1. The molecule has 0 fully saturated rings. The third-order valence-corrected chi connectivity index (χ3v) is 6.16. The molecule has 4 rings (SSSR count). The summed E-state index contributed by atoms with van der Waals surface area (Å²) in [5, 5.41) is 20.6. The Morgan fingerprint density at radius 1 is 1.19 bits per heavy atom. The number of imide groups is 1. The first kappa shape index (κ1) is 21.0. The number of fused-ring (bicyclic) bond motifs is 1. The van der Waals surface area contributed by atoms with E-state index in [1.165, 1.54) is 17.5 Å². The molecule has 0 saturated heterocycles. The molecule has 2 heterocycles. The van der Waals surface area contributed by atoms with Gasteiger partial charge >= 0.3 is 5.97 Å². The molecule has 9 heteroatoms. The predicted molar refractivity (Wildman–Crippen MR) is 115 cm³/mol. The molecule has 0 radical (unpaired) electrons. The van der Waals surface area contributed by atoms with Crippen LogP contribution in [-0.2, 0) is 11.2 Å². The molecule has 0 spiro atoms. The minimum absolute atomic E-state index is 0.00277. The summed E-state index contributed by atoms with van der Waals surface area (Å²) in [7, 11) is 0. The standard InChI is InChI=1S/C22H16ClNO6S/c23-15-7-6-13(30-17(10-25)12-4-2-1-3-5-12)8-16(15)24-19(26)9-18-20(21(24)27)14(11-31-18)22(28)29/h1-8,11,17,25H,9-10H2,(H,28,29). The Morgan fingerprint density at radius 3 is 2.61 bits per heavy atom. The van der Waals surface area contributed by atoms with Crippen molar-refractivity contribution in [3.63, 3.8) is 0 Å². The summed E-state index contributed by atoms with van der Waals surface area (Å²) in [4.78, 5) is 38.6. The molecule has 0 saturated carbocycles. The van der Waals surface area contributed by atoms with Crippen LogP contribution in [0.4, 0.5) is 5.69 Å². The van der Waals surface area contributed by atoms with E-state index in [1.54, 1.807) is 18.2 Å². The number of halogens is 1. The number of aliphatic hydroxyl groups is 1. The number of hydrogen-bond acceptors (Lipinski definition) is 6. The number of thiophene rings is 1. The van der Waals surface area contributed by atoms with Gasteiger partial charge in [-0.05, 0) is 17.7 Å². The highest BCUT2D eigenvalue weighted by Crippen LogP contribution is 2.37. The molecule has 2 N–H and O–H groups in total. The molecule has 31 heavy (non-hydrogen) atoms. The van der Waals surface area contributed by atoms with Gasteiger partial charge in [0.2, 0.25) is 5.91 Å². The predicted octanol–water partition coefficient (Wildman–Crippen LogP) is 3.94. The molecule has 7 nitrogen and oxygen atoms in total. The van der Waals surface area contributed by atoms with Crippen LogP contribution in [0.25, 0.3) is 0 Å². The summed E-state index contributed by atoms with van der Waals surface area (Å²) in [5.74, 6) is -2.21. The second kappa shape index (κ2) is 8.50. The van der Waals surface area contributed by atoms with Crippen LogP contribution < -0.4 is 9.64 Å². The fourth-order valence-corrected chi connectivity index (χ4v) is 4.59. The lowest BCUT2D eigenvalue weighted by molar-refractivity contribution is -0.117. The molecular weight excluding hydrogens is 442 g/mol. The van der Waals surface area contributed by atoms with Gasteiger partial charge in [0, 0.05) is 16.3 Å². The summed E-state index contributed by atoms with van der Waals surface area (Å²) in [5.41, 5.74) is 0.695. The second-order valence-electron chi connectivity index (χ2n) is 6.78. The van der Waals surface area contributed by atoms with E-state index < -0.39 is 23.9 Å². The van der Waals surface area contributed by atoms with Crippen molar-refractivity contribution >= 4 is 46.4 Å². The average molecular weight is 458 g/mol. The zero-order chi connectivity index (χ0) is 22.1. The first-order valence-corrected chi connectivity index (χ1v) is 10.5. The van der Waals surface area contributed by atoms with Gasteiger partial charge in [-0.25, -0.2) is 9.69 Å². The van der Waals surface area contributed by atoms with E-state index in [2.05, 4.69) is 0 Å². The number of carbonyl (C=O) groups excluding carboxylic acids is 2. The molecule has 1 aliphatic heterocycles. The molecule has 2 aromatic carbocycles. The van der Waals surface area contributed by atoms with Crippen molar-refractivity contribution in [2.24, 2.45) is 0 Å². The van der Waals surface area contributed by atoms with Crippen LogP contribution >= 0.6 is 22.9 Å². The SMILES string of the molecule is O=C(O)c1csc2c1C(=O)N(c1cc(OC(CO)c3ccccc3)ccc1Cl)C(=O)C2. The van der Waals surface area contributed by atoms with E-state index in [1.807, 2.05) is 18.2 Å². The summed E-state index contributed by atoms with van der Waals surface area (Å²) in [6.07, 6.45) is -0.769. The van der Waals surface area contributed by atoms with E-state index in [4.69, 9.17) is 16.3 Å². The maximum atomic E-state index is 13.1. The number of benzene rings is 2. The van der Waals surface area contributed by atoms with E-state index >= 15 is 0 Å². The van der Waals surface area contributed by atoms with Crippen molar-refractivity contribution in [2.75, 3.05) is 11.5 Å². The zero-order valence-corrected chi connectivity index (χ0v) is 17.5. The minimum Gasteiger partial charge on any atom is -0.483 e. The van der Waals surface area contributed by atoms with Crippen LogP contribution in [0.1, 0.15) is 37.3 Å². The van der Waals surface area contributed by atoms with Crippen LogP contribution in [0.2, 0.25) is 5.02 Å². The van der Waals surface area contributed by atoms with Gasteiger partial charge in [0.05, 0.1) is 34.9 Å². The van der Waals surface area contributed by atoms with Crippen LogP contribution in [0.15, 0.2) is 53.9 Å². The molecule has 0 bridgehead atoms. The number of hydrogen-bond donors (Lipinski definition) is 2. The lowest BCUT2D eigenvalue weighted by atomic mass is 10.0. The van der Waals surface area contributed by atoms with Crippen LogP contribution in [0, 0.1) is 0 Å². The Kier molecular flexibility index (Phi) is 5.77. The van der Waals surface area contributed by atoms with E-state index in [0.29, 0.717) is 4.88 Å². The van der Waals surface area contributed by atoms with Crippen molar-refractivity contribution < 1.29 is 29.3 Å². The number of aliphatic hydroxyl groups excluding tert-OH is 1. The van der Waals surface area contributed by atoms with Gasteiger partial charge in [0.1, 0.15) is 11.9 Å². The fraction of sp³-hybridized carbons (Fsp3) is 0.136. The largest absolute Gasteiger partial charge is 0.483 e. The molecule has 1 aliphatic rings. The van der Waals surface area contributed by atoms with Gasteiger partial charge in [0.25, 0.3) is 5.91 Å². The average Bonchev–Trinajstić information content (AvgIpc) is 3.19. The van der Waals surface area contributed by atoms with Gasteiger partial charge in [0.15, 0.2) is 0 Å². The molecule has 158 valence electrons. The molecule has 1 aromatic heterocycles. The van der Waals surface area contributed by atoms with Crippen molar-refractivity contribution in [3.8, 4) is 5.75 Å². The van der Waals surface area contributed by atoms with Crippen LogP contribution in [-0.4, -0.2) is 34.6 Å². The monoisotopic (exact) mass is 457 g/mol. The first-order chi connectivity index (χ1) is 14.9. The third-order valence-electron chi connectivity index (χ3n) is 4.85. The third kappa shape index (κ3) is 3.93. The number of carboxylic acids is 1. The van der Waals surface area contributed by atoms with Crippen molar-refractivity contribution in [3.05, 3.63) is 80.5 Å². The Bertz CT molecular complexity index is 1180. The Morgan fingerprint density at radius 2 is 1.94 bits per heavy atom. The number of rotatable bonds is 6. The van der Waals surface area contributed by atoms with Gasteiger partial charge in [-0.1, -0.05) is 41.9 Å². The lowest BCUT2D eigenvalue weighted by Crippen LogP contribution is -2.42. The van der Waals surface area contributed by atoms with Crippen LogP contribution in [0.3, 0.4) is 0 Å². The number of nitrogens with zero attached hydrogens (tertiary/aromatic N) is 1. The summed E-state index contributed by atoms with van der Waals surface area (Å²) >= 11 is 7.35. The summed E-state index contributed by atoms with van der Waals surface area (Å²) in [6.45, 7) is -0.288. The number of anilines is 1. The van der Waals surface area contributed by atoms with E-state index in [9.17, 15) is 24.6 Å². The first-order valence-electron chi connectivity index (χ1n) is 9.23. The Labute approximate surface area is 186 Å².